The summed E-state index contributed by atoms with van der Waals surface area (Å²) in [7, 11) is 0. The zero-order valence-electron chi connectivity index (χ0n) is 10.5. The van der Waals surface area contributed by atoms with Crippen LogP contribution in [0, 0.1) is 17.8 Å². The maximum Gasteiger partial charge on any atom is 0.00263 e. The van der Waals surface area contributed by atoms with Crippen molar-refractivity contribution in [2.75, 3.05) is 4.43 Å². The Labute approximate surface area is 110 Å². The van der Waals surface area contributed by atoms with Crippen LogP contribution in [0.15, 0.2) is 0 Å². The van der Waals surface area contributed by atoms with Gasteiger partial charge in [0.25, 0.3) is 0 Å². The van der Waals surface area contributed by atoms with E-state index in [1.807, 2.05) is 0 Å². The Bertz CT molecular complexity index is 149. The van der Waals surface area contributed by atoms with Crippen LogP contribution in [0.4, 0.5) is 0 Å². The molecule has 0 N–H and O–H groups in total. The normalized spacial score (nSPS) is 22.6. The van der Waals surface area contributed by atoms with Crippen molar-refractivity contribution in [2.24, 2.45) is 17.8 Å². The summed E-state index contributed by atoms with van der Waals surface area (Å²) in [6, 6.07) is 0. The molecule has 0 aromatic rings. The molecular weight excluding hydrogens is 295 g/mol. The van der Waals surface area contributed by atoms with Gasteiger partial charge in [0.2, 0.25) is 0 Å². The molecule has 0 nitrogen and oxygen atoms in total. The first-order valence-corrected chi connectivity index (χ1v) is 8.38. The summed E-state index contributed by atoms with van der Waals surface area (Å²) in [5.41, 5.74) is 0. The number of unbranched alkanes of at least 4 members (excludes halogenated alkanes) is 1. The minimum Gasteiger partial charge on any atom is -0.0861 e. The summed E-state index contributed by atoms with van der Waals surface area (Å²) in [5.74, 6) is 3.03. The van der Waals surface area contributed by atoms with Crippen molar-refractivity contribution < 1.29 is 0 Å². The van der Waals surface area contributed by atoms with Gasteiger partial charge in [0.1, 0.15) is 0 Å². The summed E-state index contributed by atoms with van der Waals surface area (Å²) in [6.07, 6.45) is 11.8. The topological polar surface area (TPSA) is 0 Å². The maximum atomic E-state index is 2.60. The van der Waals surface area contributed by atoms with Gasteiger partial charge in [-0.1, -0.05) is 81.4 Å². The zero-order valence-corrected chi connectivity index (χ0v) is 12.6. The van der Waals surface area contributed by atoms with Crippen molar-refractivity contribution in [2.45, 2.75) is 65.2 Å². The van der Waals surface area contributed by atoms with Crippen molar-refractivity contribution in [3.8, 4) is 0 Å². The predicted octanol–water partition coefficient (Wildman–Crippen LogP) is 5.44. The zero-order chi connectivity index (χ0) is 11.1. The fraction of sp³-hybridized carbons (Fsp3) is 1.00. The van der Waals surface area contributed by atoms with E-state index in [0.29, 0.717) is 0 Å². The molecule has 1 unspecified atom stereocenters. The summed E-state index contributed by atoms with van der Waals surface area (Å²) in [4.78, 5) is 0. The van der Waals surface area contributed by atoms with Crippen LogP contribution in [0.5, 0.6) is 0 Å². The highest BCUT2D eigenvalue weighted by atomic mass is 127. The first kappa shape index (κ1) is 13.8. The van der Waals surface area contributed by atoms with Gasteiger partial charge >= 0.3 is 0 Å². The van der Waals surface area contributed by atoms with Crippen LogP contribution in [-0.2, 0) is 0 Å². The van der Waals surface area contributed by atoms with Gasteiger partial charge in [-0.25, -0.2) is 0 Å². The predicted molar refractivity (Wildman–Crippen MR) is 77.6 cm³/mol. The van der Waals surface area contributed by atoms with E-state index in [-0.39, 0.29) is 0 Å². The van der Waals surface area contributed by atoms with E-state index in [9.17, 15) is 0 Å². The van der Waals surface area contributed by atoms with Gasteiger partial charge in [0.15, 0.2) is 0 Å². The summed E-state index contributed by atoms with van der Waals surface area (Å²) in [6.45, 7) is 4.84. The van der Waals surface area contributed by atoms with Crippen LogP contribution < -0.4 is 0 Å². The van der Waals surface area contributed by atoms with Gasteiger partial charge in [-0.2, -0.15) is 0 Å². The summed E-state index contributed by atoms with van der Waals surface area (Å²) < 4.78 is 1.37. The molecule has 1 heteroatoms. The average molecular weight is 322 g/mol. The molecule has 1 rings (SSSR count). The second-order valence-electron chi connectivity index (χ2n) is 5.31. The molecule has 0 aromatic heterocycles. The van der Waals surface area contributed by atoms with Crippen molar-refractivity contribution in [1.29, 1.82) is 0 Å². The summed E-state index contributed by atoms with van der Waals surface area (Å²) in [5, 5.41) is 0. The molecule has 1 aliphatic rings. The molecule has 0 amide bonds. The molecule has 2 atom stereocenters. The largest absolute Gasteiger partial charge is 0.0861 e. The molecule has 0 saturated heterocycles. The molecule has 0 aliphatic heterocycles. The Balaban J connectivity index is 2.36. The van der Waals surface area contributed by atoms with Crippen LogP contribution in [0.1, 0.15) is 65.2 Å². The third-order valence-electron chi connectivity index (χ3n) is 4.26. The number of alkyl halides is 1. The Hall–Kier alpha value is 0.730. The number of rotatable bonds is 6. The molecule has 1 saturated carbocycles. The Morgan fingerprint density at radius 2 is 1.87 bits per heavy atom. The van der Waals surface area contributed by atoms with E-state index in [2.05, 4.69) is 36.4 Å². The fourth-order valence-electron chi connectivity index (χ4n) is 2.99. The van der Waals surface area contributed by atoms with Crippen molar-refractivity contribution in [1.82, 2.24) is 0 Å². The van der Waals surface area contributed by atoms with E-state index >= 15 is 0 Å². The molecule has 1 aliphatic carbocycles. The molecular formula is C14H27I. The molecule has 0 radical (unpaired) electrons. The average Bonchev–Trinajstić information content (AvgIpc) is 2.31. The molecule has 0 aromatic carbocycles. The number of hydrogen-bond donors (Lipinski definition) is 0. The van der Waals surface area contributed by atoms with Crippen molar-refractivity contribution in [3.05, 3.63) is 0 Å². The lowest BCUT2D eigenvalue weighted by Gasteiger charge is -2.32. The van der Waals surface area contributed by atoms with E-state index < -0.39 is 0 Å². The van der Waals surface area contributed by atoms with Crippen LogP contribution in [0.25, 0.3) is 0 Å². The Kier molecular flexibility index (Phi) is 7.28. The van der Waals surface area contributed by atoms with Gasteiger partial charge in [-0.3, -0.25) is 0 Å². The standard InChI is InChI=1S/C14H27I/c1-3-4-8-14(11-15)12(2)13-9-6-5-7-10-13/h12-14H,3-11H2,1-2H3/t12-,14?/m0/s1. The molecule has 0 heterocycles. The second-order valence-corrected chi connectivity index (χ2v) is 6.19. The molecule has 90 valence electrons. The monoisotopic (exact) mass is 322 g/mol. The van der Waals surface area contributed by atoms with E-state index in [1.165, 1.54) is 55.8 Å². The van der Waals surface area contributed by atoms with Crippen LogP contribution >= 0.6 is 22.6 Å². The fourth-order valence-corrected chi connectivity index (χ4v) is 4.23. The van der Waals surface area contributed by atoms with E-state index in [1.54, 1.807) is 0 Å². The van der Waals surface area contributed by atoms with Gasteiger partial charge in [-0.05, 0) is 24.2 Å². The van der Waals surface area contributed by atoms with Crippen molar-refractivity contribution >= 4 is 22.6 Å². The first-order valence-electron chi connectivity index (χ1n) is 6.85. The minimum atomic E-state index is 0.980. The first-order chi connectivity index (χ1) is 7.29. The Morgan fingerprint density at radius 3 is 2.40 bits per heavy atom. The highest BCUT2D eigenvalue weighted by Gasteiger charge is 2.25. The highest BCUT2D eigenvalue weighted by molar-refractivity contribution is 14.1. The lowest BCUT2D eigenvalue weighted by Crippen LogP contribution is -2.24. The van der Waals surface area contributed by atoms with Gasteiger partial charge < -0.3 is 0 Å². The third-order valence-corrected chi connectivity index (χ3v) is 5.39. The van der Waals surface area contributed by atoms with Gasteiger partial charge in [0.05, 0.1) is 0 Å². The number of halogens is 1. The number of hydrogen-bond acceptors (Lipinski definition) is 0. The maximum absolute atomic E-state index is 2.60. The van der Waals surface area contributed by atoms with E-state index in [4.69, 9.17) is 0 Å². The Morgan fingerprint density at radius 1 is 1.20 bits per heavy atom. The minimum absolute atomic E-state index is 0.980. The third kappa shape index (κ3) is 4.62. The van der Waals surface area contributed by atoms with Crippen LogP contribution in [0.2, 0.25) is 0 Å². The molecule has 0 bridgehead atoms. The molecule has 1 fully saturated rings. The van der Waals surface area contributed by atoms with Gasteiger partial charge in [0, 0.05) is 4.43 Å². The molecule has 0 spiro atoms. The van der Waals surface area contributed by atoms with E-state index in [0.717, 1.165) is 17.8 Å². The van der Waals surface area contributed by atoms with Crippen molar-refractivity contribution in [3.63, 3.8) is 0 Å². The smallest absolute Gasteiger partial charge is 0.00263 e. The molecule has 15 heavy (non-hydrogen) atoms. The second kappa shape index (κ2) is 7.92. The SMILES string of the molecule is CCCCC(CI)[C@@H](C)C1CCCCC1. The van der Waals surface area contributed by atoms with Crippen LogP contribution in [0.3, 0.4) is 0 Å². The quantitative estimate of drug-likeness (QED) is 0.451. The summed E-state index contributed by atoms with van der Waals surface area (Å²) >= 11 is 2.60. The lowest BCUT2D eigenvalue weighted by molar-refractivity contribution is 0.199. The highest BCUT2D eigenvalue weighted by Crippen LogP contribution is 2.36. The lowest BCUT2D eigenvalue weighted by atomic mass is 9.74. The van der Waals surface area contributed by atoms with Crippen LogP contribution in [-0.4, -0.2) is 4.43 Å². The van der Waals surface area contributed by atoms with Gasteiger partial charge in [-0.15, -0.1) is 0 Å².